The van der Waals surface area contributed by atoms with Crippen molar-refractivity contribution in [3.8, 4) is 11.5 Å². The molecule has 0 aliphatic carbocycles. The molecule has 4 nitrogen and oxygen atoms in total. The number of nitrogens with zero attached hydrogens (tertiary/aromatic N) is 1. The normalized spacial score (nSPS) is 15.8. The van der Waals surface area contributed by atoms with Gasteiger partial charge >= 0.3 is 0 Å². The van der Waals surface area contributed by atoms with Crippen LogP contribution in [-0.2, 0) is 0 Å². The summed E-state index contributed by atoms with van der Waals surface area (Å²) < 4.78 is 11.2. The Bertz CT molecular complexity index is 455. The van der Waals surface area contributed by atoms with E-state index in [9.17, 15) is 0 Å². The Balaban J connectivity index is 0.00000264. The van der Waals surface area contributed by atoms with E-state index in [0.717, 1.165) is 37.7 Å². The molecule has 1 atom stereocenters. The summed E-state index contributed by atoms with van der Waals surface area (Å²) in [5.41, 5.74) is 1.34. The van der Waals surface area contributed by atoms with Crippen molar-refractivity contribution < 1.29 is 9.47 Å². The predicted octanol–water partition coefficient (Wildman–Crippen LogP) is 4.07. The number of benzene rings is 1. The highest BCUT2D eigenvalue weighted by Gasteiger charge is 2.22. The average molecular weight is 379 g/mol. The maximum atomic E-state index is 5.64. The van der Waals surface area contributed by atoms with Crippen LogP contribution in [0.5, 0.6) is 11.5 Å². The number of hydrogen-bond acceptors (Lipinski definition) is 4. The maximum absolute atomic E-state index is 5.64. The molecular weight excluding hydrogens is 347 g/mol. The third-order valence-corrected chi connectivity index (χ3v) is 4.30. The largest absolute Gasteiger partial charge is 0.493 e. The summed E-state index contributed by atoms with van der Waals surface area (Å²) in [5, 5.41) is 3.44. The van der Waals surface area contributed by atoms with Crippen LogP contribution in [0.2, 0.25) is 0 Å². The summed E-state index contributed by atoms with van der Waals surface area (Å²) in [6, 6.07) is 6.90. The highest BCUT2D eigenvalue weighted by atomic mass is 35.5. The van der Waals surface area contributed by atoms with Gasteiger partial charge in [-0.2, -0.15) is 0 Å². The first-order valence-electron chi connectivity index (χ1n) is 8.55. The summed E-state index contributed by atoms with van der Waals surface area (Å²) in [5.74, 6) is 1.68. The summed E-state index contributed by atoms with van der Waals surface area (Å²) in [4.78, 5) is 2.60. The fraction of sp³-hybridized carbons (Fsp3) is 0.667. The molecule has 1 fully saturated rings. The van der Waals surface area contributed by atoms with Crippen LogP contribution in [-0.4, -0.2) is 44.8 Å². The minimum absolute atomic E-state index is 0. The first-order valence-corrected chi connectivity index (χ1v) is 8.55. The second-order valence-corrected chi connectivity index (χ2v) is 5.79. The first kappa shape index (κ1) is 23.3. The van der Waals surface area contributed by atoms with Crippen LogP contribution in [0.3, 0.4) is 0 Å². The SMILES string of the molecule is CCCC[C@H](c1ccc(OCC)c(OC)c1)N1CCNCC1.Cl.Cl. The highest BCUT2D eigenvalue weighted by molar-refractivity contribution is 5.85. The van der Waals surface area contributed by atoms with E-state index in [1.165, 1.54) is 24.8 Å². The van der Waals surface area contributed by atoms with Crippen molar-refractivity contribution in [1.82, 2.24) is 10.2 Å². The monoisotopic (exact) mass is 378 g/mol. The molecule has 1 saturated heterocycles. The molecule has 1 N–H and O–H groups in total. The van der Waals surface area contributed by atoms with Crippen molar-refractivity contribution in [2.45, 2.75) is 39.2 Å². The van der Waals surface area contributed by atoms with Crippen LogP contribution < -0.4 is 14.8 Å². The molecule has 140 valence electrons. The molecule has 6 heteroatoms. The van der Waals surface area contributed by atoms with Gasteiger partial charge < -0.3 is 14.8 Å². The Morgan fingerprint density at radius 3 is 2.42 bits per heavy atom. The van der Waals surface area contributed by atoms with Gasteiger partial charge in [0.2, 0.25) is 0 Å². The smallest absolute Gasteiger partial charge is 0.161 e. The van der Waals surface area contributed by atoms with Crippen molar-refractivity contribution in [3.63, 3.8) is 0 Å². The zero-order valence-electron chi connectivity index (χ0n) is 15.0. The average Bonchev–Trinajstić information content (AvgIpc) is 2.57. The third kappa shape index (κ3) is 6.32. The molecule has 1 aliphatic rings. The van der Waals surface area contributed by atoms with Crippen LogP contribution in [0, 0.1) is 0 Å². The van der Waals surface area contributed by atoms with Crippen molar-refractivity contribution in [3.05, 3.63) is 23.8 Å². The van der Waals surface area contributed by atoms with Crippen LogP contribution in [0.1, 0.15) is 44.7 Å². The van der Waals surface area contributed by atoms with Crippen molar-refractivity contribution >= 4 is 24.8 Å². The number of nitrogens with one attached hydrogen (secondary N) is 1. The third-order valence-electron chi connectivity index (χ3n) is 4.30. The Kier molecular flexibility index (Phi) is 12.3. The van der Waals surface area contributed by atoms with Crippen LogP contribution >= 0.6 is 24.8 Å². The van der Waals surface area contributed by atoms with Gasteiger partial charge in [0.25, 0.3) is 0 Å². The molecule has 0 saturated carbocycles. The highest BCUT2D eigenvalue weighted by Crippen LogP contribution is 2.34. The predicted molar refractivity (Wildman–Crippen MR) is 105 cm³/mol. The molecule has 0 unspecified atom stereocenters. The Hall–Kier alpha value is -0.680. The summed E-state index contributed by atoms with van der Waals surface area (Å²) in [6.07, 6.45) is 3.69. The van der Waals surface area contributed by atoms with E-state index < -0.39 is 0 Å². The Morgan fingerprint density at radius 1 is 1.12 bits per heavy atom. The maximum Gasteiger partial charge on any atom is 0.161 e. The van der Waals surface area contributed by atoms with E-state index >= 15 is 0 Å². The lowest BCUT2D eigenvalue weighted by Gasteiger charge is -2.35. The molecule has 1 heterocycles. The summed E-state index contributed by atoms with van der Waals surface area (Å²) in [7, 11) is 1.72. The molecule has 1 aromatic carbocycles. The lowest BCUT2D eigenvalue weighted by Crippen LogP contribution is -2.45. The quantitative estimate of drug-likeness (QED) is 0.738. The summed E-state index contributed by atoms with van der Waals surface area (Å²) >= 11 is 0. The van der Waals surface area contributed by atoms with Crippen LogP contribution in [0.15, 0.2) is 18.2 Å². The van der Waals surface area contributed by atoms with Crippen LogP contribution in [0.4, 0.5) is 0 Å². The molecule has 0 spiro atoms. The number of unbranched alkanes of at least 4 members (excludes halogenated alkanes) is 1. The molecule has 0 bridgehead atoms. The van der Waals surface area contributed by atoms with E-state index in [1.54, 1.807) is 7.11 Å². The first-order chi connectivity index (χ1) is 10.8. The van der Waals surface area contributed by atoms with Gasteiger partial charge in [-0.25, -0.2) is 0 Å². The molecule has 0 radical (unpaired) electrons. The van der Waals surface area contributed by atoms with Crippen molar-refractivity contribution in [2.75, 3.05) is 39.9 Å². The van der Waals surface area contributed by atoms with Gasteiger partial charge in [-0.15, -0.1) is 24.8 Å². The zero-order valence-corrected chi connectivity index (χ0v) is 16.7. The molecule has 0 amide bonds. The minimum atomic E-state index is 0. The number of ether oxygens (including phenoxy) is 2. The number of piperazine rings is 1. The number of rotatable bonds is 8. The van der Waals surface area contributed by atoms with Gasteiger partial charge in [-0.3, -0.25) is 4.90 Å². The summed E-state index contributed by atoms with van der Waals surface area (Å²) in [6.45, 7) is 9.31. The van der Waals surface area contributed by atoms with E-state index in [2.05, 4.69) is 35.3 Å². The van der Waals surface area contributed by atoms with Crippen LogP contribution in [0.25, 0.3) is 0 Å². The molecule has 2 rings (SSSR count). The van der Waals surface area contributed by atoms with E-state index in [0.29, 0.717) is 12.6 Å². The zero-order chi connectivity index (χ0) is 15.8. The second kappa shape index (κ2) is 12.6. The van der Waals surface area contributed by atoms with E-state index in [4.69, 9.17) is 9.47 Å². The van der Waals surface area contributed by atoms with Crippen molar-refractivity contribution in [1.29, 1.82) is 0 Å². The Morgan fingerprint density at radius 2 is 1.83 bits per heavy atom. The van der Waals surface area contributed by atoms with E-state index in [1.807, 2.05) is 6.92 Å². The van der Waals surface area contributed by atoms with Gasteiger partial charge in [0.1, 0.15) is 0 Å². The molecule has 0 aromatic heterocycles. The molecule has 1 aromatic rings. The van der Waals surface area contributed by atoms with Crippen molar-refractivity contribution in [2.24, 2.45) is 0 Å². The number of methoxy groups -OCH3 is 1. The van der Waals surface area contributed by atoms with E-state index in [-0.39, 0.29) is 24.8 Å². The molecular formula is C18H32Cl2N2O2. The van der Waals surface area contributed by atoms with Gasteiger partial charge in [-0.1, -0.05) is 25.8 Å². The topological polar surface area (TPSA) is 33.7 Å². The Labute approximate surface area is 159 Å². The lowest BCUT2D eigenvalue weighted by molar-refractivity contribution is 0.163. The lowest BCUT2D eigenvalue weighted by atomic mass is 9.98. The fourth-order valence-electron chi connectivity index (χ4n) is 3.12. The molecule has 1 aliphatic heterocycles. The van der Waals surface area contributed by atoms with Gasteiger partial charge in [0.15, 0.2) is 11.5 Å². The molecule has 24 heavy (non-hydrogen) atoms. The number of halogens is 2. The standard InChI is InChI=1S/C18H30N2O2.2ClH/c1-4-6-7-16(20-12-10-19-11-13-20)15-8-9-17(22-5-2)18(14-15)21-3;;/h8-9,14,16,19H,4-7,10-13H2,1-3H3;2*1H/t16-;;/m1../s1. The second-order valence-electron chi connectivity index (χ2n) is 5.79. The minimum Gasteiger partial charge on any atom is -0.493 e. The van der Waals surface area contributed by atoms with Gasteiger partial charge in [-0.05, 0) is 31.0 Å². The van der Waals surface area contributed by atoms with Gasteiger partial charge in [0.05, 0.1) is 13.7 Å². The van der Waals surface area contributed by atoms with Gasteiger partial charge in [0, 0.05) is 32.2 Å². The fourth-order valence-corrected chi connectivity index (χ4v) is 3.12. The number of hydrogen-bond donors (Lipinski definition) is 1.